The van der Waals surface area contributed by atoms with E-state index in [0.29, 0.717) is 23.6 Å². The third kappa shape index (κ3) is 2.55. The van der Waals surface area contributed by atoms with Crippen LogP contribution < -0.4 is 16.0 Å². The van der Waals surface area contributed by atoms with Crippen LogP contribution in [0.4, 0.5) is 11.5 Å². The van der Waals surface area contributed by atoms with Gasteiger partial charge in [-0.1, -0.05) is 36.4 Å². The molecule has 2 aliphatic rings. The number of hydrogen-bond acceptors (Lipinski definition) is 5. The van der Waals surface area contributed by atoms with E-state index in [0.717, 1.165) is 28.1 Å². The first-order valence-electron chi connectivity index (χ1n) is 10.7. The van der Waals surface area contributed by atoms with E-state index in [1.165, 1.54) is 0 Å². The standard InChI is InChI=1S/C26H24N6O/c1-5-12-31-20-9-7-6-8-18(20)26(25(31)33)19(14-27)23(28)29-24-22(26)17(4)30-32(24)21-13-15(2)10-11-16(21)3/h5-11,13,29H,1,12,28H2,2-4H3. The molecule has 3 aromatic rings. The number of nitrogens with one attached hydrogen (secondary N) is 1. The van der Waals surface area contributed by atoms with Gasteiger partial charge in [0.15, 0.2) is 0 Å². The van der Waals surface area contributed by atoms with Crippen molar-refractivity contribution in [2.45, 2.75) is 26.2 Å². The summed E-state index contributed by atoms with van der Waals surface area (Å²) in [6.45, 7) is 10.0. The molecule has 33 heavy (non-hydrogen) atoms. The minimum Gasteiger partial charge on any atom is -0.384 e. The Balaban J connectivity index is 1.90. The summed E-state index contributed by atoms with van der Waals surface area (Å²) in [6, 6.07) is 15.9. The van der Waals surface area contributed by atoms with E-state index < -0.39 is 5.41 Å². The van der Waals surface area contributed by atoms with Crippen LogP contribution in [0.5, 0.6) is 0 Å². The van der Waals surface area contributed by atoms with E-state index in [4.69, 9.17) is 10.8 Å². The molecule has 0 saturated carbocycles. The Morgan fingerprint density at radius 3 is 2.70 bits per heavy atom. The monoisotopic (exact) mass is 436 g/mol. The minimum absolute atomic E-state index is 0.153. The molecule has 0 radical (unpaired) electrons. The van der Waals surface area contributed by atoms with Crippen molar-refractivity contribution in [2.24, 2.45) is 5.73 Å². The highest BCUT2D eigenvalue weighted by atomic mass is 16.2. The normalized spacial score (nSPS) is 18.7. The van der Waals surface area contributed by atoms with Crippen LogP contribution in [0, 0.1) is 32.1 Å². The van der Waals surface area contributed by atoms with Crippen LogP contribution in [-0.2, 0) is 10.2 Å². The molecule has 2 aliphatic heterocycles. The molecule has 0 saturated heterocycles. The number of benzene rings is 2. The van der Waals surface area contributed by atoms with Crippen molar-refractivity contribution in [3.05, 3.63) is 94.5 Å². The average molecular weight is 437 g/mol. The average Bonchev–Trinajstić information content (AvgIpc) is 3.24. The molecule has 0 aliphatic carbocycles. The minimum atomic E-state index is -1.38. The molecule has 7 nitrogen and oxygen atoms in total. The molecule has 0 bridgehead atoms. The molecule has 1 atom stereocenters. The molecule has 2 aromatic carbocycles. The summed E-state index contributed by atoms with van der Waals surface area (Å²) < 4.78 is 1.79. The highest BCUT2D eigenvalue weighted by Crippen LogP contribution is 2.55. The Morgan fingerprint density at radius 2 is 1.97 bits per heavy atom. The lowest BCUT2D eigenvalue weighted by atomic mass is 9.68. The largest absolute Gasteiger partial charge is 0.384 e. The summed E-state index contributed by atoms with van der Waals surface area (Å²) in [7, 11) is 0. The second-order valence-electron chi connectivity index (χ2n) is 8.51. The maximum Gasteiger partial charge on any atom is 0.248 e. The quantitative estimate of drug-likeness (QED) is 0.610. The first-order chi connectivity index (χ1) is 15.9. The number of nitrogens with two attached hydrogens (primary N) is 1. The van der Waals surface area contributed by atoms with Gasteiger partial charge in [0.05, 0.1) is 17.0 Å². The highest BCUT2D eigenvalue weighted by Gasteiger charge is 2.60. The maximum atomic E-state index is 14.2. The van der Waals surface area contributed by atoms with Gasteiger partial charge in [0.2, 0.25) is 5.91 Å². The molecule has 1 unspecified atom stereocenters. The van der Waals surface area contributed by atoms with Gasteiger partial charge in [-0.25, -0.2) is 4.68 Å². The van der Waals surface area contributed by atoms with Gasteiger partial charge < -0.3 is 16.0 Å². The molecule has 7 heteroatoms. The number of nitriles is 1. The van der Waals surface area contributed by atoms with Crippen molar-refractivity contribution in [3.8, 4) is 11.8 Å². The number of rotatable bonds is 3. The van der Waals surface area contributed by atoms with Crippen LogP contribution in [0.25, 0.3) is 5.69 Å². The number of nitrogens with zero attached hydrogens (tertiary/aromatic N) is 4. The number of hydrogen-bond donors (Lipinski definition) is 2. The summed E-state index contributed by atoms with van der Waals surface area (Å²) in [5.74, 6) is 0.524. The first-order valence-corrected chi connectivity index (χ1v) is 10.7. The Hall–Kier alpha value is -4.31. The Kier molecular flexibility index (Phi) is 4.43. The lowest BCUT2D eigenvalue weighted by molar-refractivity contribution is -0.120. The van der Waals surface area contributed by atoms with E-state index in [2.05, 4.69) is 18.0 Å². The molecular formula is C26H24N6O. The van der Waals surface area contributed by atoms with Crippen molar-refractivity contribution in [3.63, 3.8) is 0 Å². The van der Waals surface area contributed by atoms with E-state index in [9.17, 15) is 10.1 Å². The zero-order valence-electron chi connectivity index (χ0n) is 18.8. The van der Waals surface area contributed by atoms with Gasteiger partial charge in [-0.05, 0) is 44.0 Å². The van der Waals surface area contributed by atoms with Crippen molar-refractivity contribution >= 4 is 17.4 Å². The third-order valence-electron chi connectivity index (χ3n) is 6.51. The van der Waals surface area contributed by atoms with Crippen LogP contribution in [0.15, 0.2) is 66.5 Å². The summed E-state index contributed by atoms with van der Waals surface area (Å²) in [6.07, 6.45) is 1.68. The third-order valence-corrected chi connectivity index (χ3v) is 6.51. The van der Waals surface area contributed by atoms with Gasteiger partial charge >= 0.3 is 0 Å². The maximum absolute atomic E-state index is 14.2. The number of aromatic nitrogens is 2. The van der Waals surface area contributed by atoms with Crippen LogP contribution >= 0.6 is 0 Å². The zero-order chi connectivity index (χ0) is 23.5. The van der Waals surface area contributed by atoms with Crippen LogP contribution in [0.2, 0.25) is 0 Å². The van der Waals surface area contributed by atoms with Crippen LogP contribution in [0.1, 0.15) is 27.9 Å². The first kappa shape index (κ1) is 20.6. The van der Waals surface area contributed by atoms with Crippen molar-refractivity contribution in [1.82, 2.24) is 9.78 Å². The molecular weight excluding hydrogens is 412 g/mol. The molecule has 1 amide bonds. The molecule has 3 N–H and O–H groups in total. The molecule has 3 heterocycles. The van der Waals surface area contributed by atoms with Gasteiger partial charge in [-0.2, -0.15) is 10.4 Å². The van der Waals surface area contributed by atoms with Crippen molar-refractivity contribution in [1.29, 1.82) is 5.26 Å². The lowest BCUT2D eigenvalue weighted by Gasteiger charge is -2.34. The fourth-order valence-electron chi connectivity index (χ4n) is 5.12. The van der Waals surface area contributed by atoms with Gasteiger partial charge in [0.25, 0.3) is 0 Å². The predicted octanol–water partition coefficient (Wildman–Crippen LogP) is 3.74. The SMILES string of the molecule is C=CCN1C(=O)C2(C(C#N)=C(N)Nc3c2c(C)nn3-c2cc(C)ccc2C)c2ccccc21. The van der Waals surface area contributed by atoms with Gasteiger partial charge in [-0.15, -0.1) is 6.58 Å². The van der Waals surface area contributed by atoms with E-state index >= 15 is 0 Å². The second kappa shape index (κ2) is 7.10. The fraction of sp³-hybridized carbons (Fsp3) is 0.192. The summed E-state index contributed by atoms with van der Waals surface area (Å²) in [4.78, 5) is 15.9. The Bertz CT molecular complexity index is 1420. The molecule has 1 spiro atoms. The fourth-order valence-corrected chi connectivity index (χ4v) is 5.12. The summed E-state index contributed by atoms with van der Waals surface area (Å²) >= 11 is 0. The summed E-state index contributed by atoms with van der Waals surface area (Å²) in [5.41, 5.74) is 11.0. The number of aryl methyl sites for hydroxylation is 3. The number of carbonyl (C=O) groups is 1. The van der Waals surface area contributed by atoms with Crippen LogP contribution in [-0.4, -0.2) is 22.2 Å². The van der Waals surface area contributed by atoms with E-state index in [-0.39, 0.29) is 17.3 Å². The number of anilines is 2. The van der Waals surface area contributed by atoms with Crippen molar-refractivity contribution in [2.75, 3.05) is 16.8 Å². The molecule has 1 aromatic heterocycles. The predicted molar refractivity (Wildman–Crippen MR) is 128 cm³/mol. The van der Waals surface area contributed by atoms with E-state index in [1.807, 2.05) is 63.2 Å². The number of carbonyl (C=O) groups excluding carboxylic acids is 1. The number of amides is 1. The van der Waals surface area contributed by atoms with Crippen LogP contribution in [0.3, 0.4) is 0 Å². The number of fused-ring (bicyclic) bond motifs is 4. The van der Waals surface area contributed by atoms with Crippen molar-refractivity contribution < 1.29 is 4.79 Å². The molecule has 164 valence electrons. The van der Waals surface area contributed by atoms with Gasteiger partial charge in [0, 0.05) is 23.4 Å². The zero-order valence-corrected chi connectivity index (χ0v) is 18.8. The lowest BCUT2D eigenvalue weighted by Crippen LogP contribution is -2.46. The number of para-hydroxylation sites is 1. The Labute approximate surface area is 192 Å². The molecule has 0 fully saturated rings. The second-order valence-corrected chi connectivity index (χ2v) is 8.51. The topological polar surface area (TPSA) is 100.0 Å². The Morgan fingerprint density at radius 1 is 1.21 bits per heavy atom. The summed E-state index contributed by atoms with van der Waals surface area (Å²) in [5, 5.41) is 18.2. The van der Waals surface area contributed by atoms with Gasteiger partial charge in [-0.3, -0.25) is 4.79 Å². The van der Waals surface area contributed by atoms with E-state index in [1.54, 1.807) is 15.7 Å². The highest BCUT2D eigenvalue weighted by molar-refractivity contribution is 6.15. The molecule has 5 rings (SSSR count). The van der Waals surface area contributed by atoms with Gasteiger partial charge in [0.1, 0.15) is 23.1 Å². The smallest absolute Gasteiger partial charge is 0.248 e.